The zero-order valence-corrected chi connectivity index (χ0v) is 47.7. The van der Waals surface area contributed by atoms with Crippen LogP contribution >= 0.6 is 11.8 Å². The van der Waals surface area contributed by atoms with Crippen LogP contribution < -0.4 is 21.3 Å². The molecule has 20 nitrogen and oxygen atoms in total. The van der Waals surface area contributed by atoms with Crippen molar-refractivity contribution in [2.75, 3.05) is 96.2 Å². The van der Waals surface area contributed by atoms with Gasteiger partial charge in [0.2, 0.25) is 17.7 Å². The summed E-state index contributed by atoms with van der Waals surface area (Å²) in [7, 11) is 3.41. The van der Waals surface area contributed by atoms with Crippen molar-refractivity contribution in [3.05, 3.63) is 94.4 Å². The van der Waals surface area contributed by atoms with Gasteiger partial charge in [0.15, 0.2) is 5.78 Å². The molecule has 82 heavy (non-hydrogen) atoms. The zero-order valence-electron chi connectivity index (χ0n) is 46.9. The van der Waals surface area contributed by atoms with Crippen molar-refractivity contribution < 1.29 is 42.2 Å². The number of nitrogens with zero attached hydrogens (tertiary/aromatic N) is 10. The van der Waals surface area contributed by atoms with Crippen molar-refractivity contribution >= 4 is 57.7 Å². The summed E-state index contributed by atoms with van der Waals surface area (Å²) in [6, 6.07) is 11.7. The average Bonchev–Trinajstić information content (AvgIpc) is 4.06. The number of carbonyl (C=O) groups excluding carboxylic acids is 5. The third kappa shape index (κ3) is 13.0. The lowest BCUT2D eigenvalue weighted by molar-refractivity contribution is -0.138. The monoisotopic (exact) mass is 1150 g/mol. The Balaban J connectivity index is 0.680. The molecule has 7 heterocycles. The fraction of sp³-hybridized carbons (Fsp3) is 0.542. The molecule has 2 aromatic heterocycles. The van der Waals surface area contributed by atoms with Crippen LogP contribution in [0.25, 0.3) is 11.1 Å². The van der Waals surface area contributed by atoms with Crippen LogP contribution in [0, 0.1) is 28.9 Å². The zero-order chi connectivity index (χ0) is 57.6. The number of likely N-dealkylation sites (tertiary alicyclic amines) is 2. The Bertz CT molecular complexity index is 3090. The summed E-state index contributed by atoms with van der Waals surface area (Å²) >= 11 is 1.48. The summed E-state index contributed by atoms with van der Waals surface area (Å²) in [6.07, 6.45) is 7.81. The van der Waals surface area contributed by atoms with Crippen molar-refractivity contribution in [2.45, 2.75) is 114 Å². The second-order valence-corrected chi connectivity index (χ2v) is 23.2. The summed E-state index contributed by atoms with van der Waals surface area (Å²) in [5, 5.41) is 22.5. The summed E-state index contributed by atoms with van der Waals surface area (Å²) in [4.78, 5) is 87.9. The number of fused-ring (bicyclic) bond motifs is 8. The molecule has 23 heteroatoms. The molecule has 4 fully saturated rings. The number of likely N-dealkylation sites (N-methyl/N-ethyl adjacent to an activating group) is 2. The molecule has 4 aromatic rings. The van der Waals surface area contributed by atoms with Crippen LogP contribution in [0.1, 0.15) is 108 Å². The third-order valence-corrected chi connectivity index (χ3v) is 18.1. The fourth-order valence-corrected chi connectivity index (χ4v) is 13.2. The Hall–Kier alpha value is -6.84. The van der Waals surface area contributed by atoms with E-state index in [2.05, 4.69) is 31.5 Å². The number of nitrogen functional groups attached to an aromatic ring is 1. The Morgan fingerprint density at radius 3 is 2.38 bits per heavy atom. The van der Waals surface area contributed by atoms with E-state index in [-0.39, 0.29) is 97.6 Å². The van der Waals surface area contributed by atoms with E-state index in [4.69, 9.17) is 25.3 Å². The standard InChI is InChI=1S/C59H73F2N13O7S/c1-36(64-2)56(77)67-53(59(79)72-20-5-7-48(72)57-66-46(35-82-57)54(76)38-8-10-40(60)11-9-38)37-16-21-70(22-17-37)25-27-81-29-28-80-26-18-51(75)69(3)23-24-74-50(32-62)52-39-30-49(55(63)65-33-39)71-19-4-6-47(71)44-31-41(61)12-15-43(44)58(78)73(42-13-14-42)34-45(52)68-74/h8-12,15,30-31,33,36-37,42,46-48,53,64H,4-7,13-14,16-29,34-35H2,1-3H3,(H2,63,65)(H,67,77)/t36-,46?,47-,48-,53-/m1/s1. The molecule has 3 saturated heterocycles. The number of amides is 4. The van der Waals surface area contributed by atoms with Gasteiger partial charge in [-0.15, -0.1) is 11.8 Å². The molecule has 0 spiro atoms. The second-order valence-electron chi connectivity index (χ2n) is 22.2. The highest BCUT2D eigenvalue weighted by Gasteiger charge is 2.44. The topological polar surface area (TPSA) is 237 Å². The highest BCUT2D eigenvalue weighted by molar-refractivity contribution is 8.14. The van der Waals surface area contributed by atoms with Gasteiger partial charge in [-0.25, -0.2) is 13.8 Å². The van der Waals surface area contributed by atoms with Crippen molar-refractivity contribution in [3.8, 4) is 17.2 Å². The average molecular weight is 1150 g/mol. The van der Waals surface area contributed by atoms with Crippen molar-refractivity contribution in [2.24, 2.45) is 10.9 Å². The van der Waals surface area contributed by atoms with Gasteiger partial charge in [0, 0.05) is 73.5 Å². The molecule has 2 bridgehead atoms. The number of ketones is 1. The van der Waals surface area contributed by atoms with E-state index in [1.165, 1.54) is 48.2 Å². The first-order valence-electron chi connectivity index (χ1n) is 28.7. The molecule has 4 amide bonds. The number of nitrogens with one attached hydrogen (secondary N) is 2. The molecular formula is C59H73F2N13O7S. The maximum absolute atomic E-state index is 14.9. The number of aromatic nitrogens is 3. The summed E-state index contributed by atoms with van der Waals surface area (Å²) in [5.74, 6) is -1.09. The second kappa shape index (κ2) is 26.2. The molecule has 2 aromatic carbocycles. The van der Waals surface area contributed by atoms with Gasteiger partial charge in [0.25, 0.3) is 5.91 Å². The van der Waals surface area contributed by atoms with E-state index in [0.29, 0.717) is 110 Å². The number of benzene rings is 2. The number of ether oxygens (including phenoxy) is 2. The Kier molecular flexibility index (Phi) is 18.6. The van der Waals surface area contributed by atoms with Crippen molar-refractivity contribution in [1.29, 1.82) is 5.26 Å². The SMILES string of the molecule is CN[C@H](C)C(=O)N[C@@H](C(=O)N1CCC[C@@H]1C1=NC(C(=O)c2ccc(F)cc2)CS1)C1CCN(CCOCCOCCC(=O)N(C)CCn2nc3c(c2C#N)-c2cnc(N)c(c2)N2CCC[C@@H]2c2cc(F)ccc2C(=O)N(C2CC2)C3)CC1. The Morgan fingerprint density at radius 2 is 1.63 bits per heavy atom. The molecule has 1 saturated carbocycles. The van der Waals surface area contributed by atoms with Crippen LogP contribution in [-0.4, -0.2) is 185 Å². The van der Waals surface area contributed by atoms with Gasteiger partial charge < -0.3 is 50.3 Å². The molecular weight excluding hydrogens is 1070 g/mol. The molecule has 6 aliphatic rings. The van der Waals surface area contributed by atoms with Crippen LogP contribution in [0.15, 0.2) is 59.7 Å². The number of Topliss-reactive ketones (excluding diaryl/α,β-unsaturated/α-hetero) is 1. The lowest BCUT2D eigenvalue weighted by Gasteiger charge is -2.38. The maximum Gasteiger partial charge on any atom is 0.254 e. The first-order chi connectivity index (χ1) is 39.7. The number of pyridine rings is 1. The summed E-state index contributed by atoms with van der Waals surface area (Å²) < 4.78 is 41.8. The van der Waals surface area contributed by atoms with Crippen LogP contribution in [-0.2, 0) is 36.9 Å². The highest BCUT2D eigenvalue weighted by Crippen LogP contribution is 2.44. The summed E-state index contributed by atoms with van der Waals surface area (Å²) in [5.41, 5.74) is 10.6. The maximum atomic E-state index is 14.9. The van der Waals surface area contributed by atoms with Gasteiger partial charge in [-0.1, -0.05) is 0 Å². The van der Waals surface area contributed by atoms with E-state index < -0.39 is 29.8 Å². The van der Waals surface area contributed by atoms with Crippen LogP contribution in [0.5, 0.6) is 0 Å². The molecule has 1 unspecified atom stereocenters. The predicted molar refractivity (Wildman–Crippen MR) is 306 cm³/mol. The number of halogens is 2. The van der Waals surface area contributed by atoms with Gasteiger partial charge >= 0.3 is 0 Å². The minimum atomic E-state index is -0.721. The van der Waals surface area contributed by atoms with E-state index in [1.54, 1.807) is 47.8 Å². The number of thioether (sulfide) groups is 1. The first-order valence-corrected chi connectivity index (χ1v) is 29.7. The van der Waals surface area contributed by atoms with Crippen LogP contribution in [0.4, 0.5) is 20.3 Å². The minimum absolute atomic E-state index is 0.0263. The highest BCUT2D eigenvalue weighted by atomic mass is 32.2. The molecule has 4 N–H and O–H groups in total. The molecule has 10 rings (SSSR count). The minimum Gasteiger partial charge on any atom is -0.382 e. The van der Waals surface area contributed by atoms with Gasteiger partial charge in [0.05, 0.1) is 80.5 Å². The van der Waals surface area contributed by atoms with E-state index in [0.717, 1.165) is 43.8 Å². The van der Waals surface area contributed by atoms with Gasteiger partial charge in [-0.2, -0.15) is 10.4 Å². The van der Waals surface area contributed by atoms with Gasteiger partial charge in [0.1, 0.15) is 41.3 Å². The van der Waals surface area contributed by atoms with Crippen LogP contribution in [0.3, 0.4) is 0 Å². The number of nitriles is 1. The molecule has 1 aliphatic carbocycles. The smallest absolute Gasteiger partial charge is 0.254 e. The first kappa shape index (κ1) is 58.4. The lowest BCUT2D eigenvalue weighted by atomic mass is 9.88. The quantitative estimate of drug-likeness (QED) is 0.0718. The van der Waals surface area contributed by atoms with Crippen molar-refractivity contribution in [1.82, 2.24) is 45.0 Å². The molecule has 5 aliphatic heterocycles. The van der Waals surface area contributed by atoms with E-state index in [9.17, 15) is 38.0 Å². The number of aliphatic imine (C=N–C) groups is 1. The predicted octanol–water partition coefficient (Wildman–Crippen LogP) is 5.21. The van der Waals surface area contributed by atoms with E-state index in [1.807, 2.05) is 11.0 Å². The molecule has 436 valence electrons. The largest absolute Gasteiger partial charge is 0.382 e. The Labute approximate surface area is 481 Å². The van der Waals surface area contributed by atoms with Gasteiger partial charge in [-0.05, 0) is 138 Å². The number of hydrogen-bond donors (Lipinski definition) is 3. The fourth-order valence-electron chi connectivity index (χ4n) is 12.0. The number of rotatable bonds is 21. The van der Waals surface area contributed by atoms with Crippen molar-refractivity contribution in [3.63, 3.8) is 0 Å². The number of nitrogens with two attached hydrogens (primary N) is 1. The molecule has 5 atom stereocenters. The number of hydrogen-bond acceptors (Lipinski definition) is 16. The molecule has 0 radical (unpaired) electrons. The van der Waals surface area contributed by atoms with Crippen LogP contribution in [0.2, 0.25) is 0 Å². The Morgan fingerprint density at radius 1 is 0.902 bits per heavy atom. The normalized spacial score (nSPS) is 20.9. The summed E-state index contributed by atoms with van der Waals surface area (Å²) in [6.45, 7) is 6.92. The number of piperidine rings is 1. The third-order valence-electron chi connectivity index (χ3n) is 16.9. The number of anilines is 2. The number of carbonyl (C=O) groups is 5. The lowest BCUT2D eigenvalue weighted by Crippen LogP contribution is -2.58. The van der Waals surface area contributed by atoms with E-state index >= 15 is 0 Å². The van der Waals surface area contributed by atoms with Gasteiger partial charge in [-0.3, -0.25) is 33.6 Å².